The smallest absolute Gasteiger partial charge is 0.0266 e. The summed E-state index contributed by atoms with van der Waals surface area (Å²) in [6, 6.07) is 8.43. The molecule has 0 fully saturated rings. The van der Waals surface area contributed by atoms with Crippen LogP contribution < -0.4 is 5.73 Å². The molecule has 0 aromatic heterocycles. The van der Waals surface area contributed by atoms with Crippen molar-refractivity contribution in [1.82, 2.24) is 0 Å². The molecular formula is C9H15N. The number of benzene rings is 1. The molecule has 0 saturated carbocycles. The standard InChI is InChI=1S/C9H13N.H2/c1-7-4-3-5-9(6-7)8(2)10;/h3-6,8H,10H2,1-2H3;1H/t8-;/m1./s1. The molecule has 10 heavy (non-hydrogen) atoms. The predicted octanol–water partition coefficient (Wildman–Crippen LogP) is 2.26. The fourth-order valence-corrected chi connectivity index (χ4v) is 0.953. The van der Waals surface area contributed by atoms with Crippen molar-refractivity contribution in [1.29, 1.82) is 0 Å². The van der Waals surface area contributed by atoms with Gasteiger partial charge in [0.15, 0.2) is 0 Å². The van der Waals surface area contributed by atoms with Gasteiger partial charge in [0.05, 0.1) is 0 Å². The molecule has 1 rings (SSSR count). The van der Waals surface area contributed by atoms with E-state index in [-0.39, 0.29) is 7.47 Å². The summed E-state index contributed by atoms with van der Waals surface area (Å²) >= 11 is 0. The third kappa shape index (κ3) is 1.58. The van der Waals surface area contributed by atoms with Gasteiger partial charge >= 0.3 is 0 Å². The lowest BCUT2D eigenvalue weighted by atomic mass is 10.1. The van der Waals surface area contributed by atoms with Crippen LogP contribution in [-0.2, 0) is 0 Å². The summed E-state index contributed by atoms with van der Waals surface area (Å²) in [6.45, 7) is 4.07. The lowest BCUT2D eigenvalue weighted by Crippen LogP contribution is -2.04. The third-order valence-electron chi connectivity index (χ3n) is 1.57. The molecule has 0 aliphatic carbocycles. The highest BCUT2D eigenvalue weighted by atomic mass is 14.6. The second-order valence-corrected chi connectivity index (χ2v) is 2.70. The molecule has 0 radical (unpaired) electrons. The number of nitrogens with two attached hydrogens (primary N) is 1. The normalized spacial score (nSPS) is 13.1. The van der Waals surface area contributed by atoms with E-state index in [1.54, 1.807) is 0 Å². The average molecular weight is 137 g/mol. The lowest BCUT2D eigenvalue weighted by molar-refractivity contribution is 0.817. The Morgan fingerprint density at radius 2 is 2.20 bits per heavy atom. The van der Waals surface area contributed by atoms with Crippen LogP contribution in [0.25, 0.3) is 0 Å². The predicted molar refractivity (Wildman–Crippen MR) is 45.9 cm³/mol. The van der Waals surface area contributed by atoms with Crippen LogP contribution >= 0.6 is 0 Å². The van der Waals surface area contributed by atoms with Crippen molar-refractivity contribution in [2.75, 3.05) is 0 Å². The van der Waals surface area contributed by atoms with Crippen LogP contribution in [0.5, 0.6) is 0 Å². The van der Waals surface area contributed by atoms with Gasteiger partial charge in [0.1, 0.15) is 0 Å². The summed E-state index contributed by atoms with van der Waals surface area (Å²) in [5.74, 6) is 0. The molecule has 1 aromatic carbocycles. The summed E-state index contributed by atoms with van der Waals surface area (Å²) in [4.78, 5) is 0. The van der Waals surface area contributed by atoms with Gasteiger partial charge in [-0.25, -0.2) is 0 Å². The van der Waals surface area contributed by atoms with Crippen LogP contribution in [0.15, 0.2) is 24.3 Å². The van der Waals surface area contributed by atoms with Gasteiger partial charge < -0.3 is 5.73 Å². The van der Waals surface area contributed by atoms with E-state index >= 15 is 0 Å². The SMILES string of the molecule is Cc1cccc([C@@H](C)N)c1.[HH]. The van der Waals surface area contributed by atoms with Crippen molar-refractivity contribution in [3.05, 3.63) is 35.4 Å². The average Bonchev–Trinajstić information content (AvgIpc) is 1.88. The maximum atomic E-state index is 5.68. The molecule has 1 nitrogen and oxygen atoms in total. The van der Waals surface area contributed by atoms with Gasteiger partial charge in [0.25, 0.3) is 0 Å². The number of rotatable bonds is 1. The van der Waals surface area contributed by atoms with Gasteiger partial charge in [-0.1, -0.05) is 29.8 Å². The molecule has 0 aliphatic rings. The van der Waals surface area contributed by atoms with E-state index in [1.807, 2.05) is 13.0 Å². The van der Waals surface area contributed by atoms with Crippen LogP contribution in [0.3, 0.4) is 0 Å². The highest BCUT2D eigenvalue weighted by Gasteiger charge is 1.96. The van der Waals surface area contributed by atoms with Crippen molar-refractivity contribution in [2.24, 2.45) is 5.73 Å². The molecule has 0 amide bonds. The molecule has 1 atom stereocenters. The summed E-state index contributed by atoms with van der Waals surface area (Å²) in [6.07, 6.45) is 0. The molecule has 1 aromatic rings. The Morgan fingerprint density at radius 3 is 2.60 bits per heavy atom. The summed E-state index contributed by atoms with van der Waals surface area (Å²) in [7, 11) is 0. The maximum Gasteiger partial charge on any atom is 0.0266 e. The monoisotopic (exact) mass is 137 g/mol. The zero-order valence-electron chi connectivity index (χ0n) is 6.46. The molecule has 0 aliphatic heterocycles. The Bertz CT molecular complexity index is 221. The molecule has 1 heteroatoms. The van der Waals surface area contributed by atoms with Crippen molar-refractivity contribution in [3.8, 4) is 0 Å². The fraction of sp³-hybridized carbons (Fsp3) is 0.333. The quantitative estimate of drug-likeness (QED) is 0.631. The minimum Gasteiger partial charge on any atom is -0.324 e. The zero-order valence-corrected chi connectivity index (χ0v) is 6.46. The van der Waals surface area contributed by atoms with Crippen molar-refractivity contribution in [2.45, 2.75) is 19.9 Å². The van der Waals surface area contributed by atoms with Crippen LogP contribution in [0.2, 0.25) is 0 Å². The van der Waals surface area contributed by atoms with Gasteiger partial charge in [-0.05, 0) is 19.4 Å². The third-order valence-corrected chi connectivity index (χ3v) is 1.57. The van der Waals surface area contributed by atoms with Crippen molar-refractivity contribution in [3.63, 3.8) is 0 Å². The van der Waals surface area contributed by atoms with Crippen LogP contribution in [0, 0.1) is 6.92 Å². The molecule has 0 bridgehead atoms. The number of hydrogen-bond acceptors (Lipinski definition) is 1. The highest BCUT2D eigenvalue weighted by Crippen LogP contribution is 2.10. The second kappa shape index (κ2) is 2.84. The molecule has 0 saturated heterocycles. The first-order chi connectivity index (χ1) is 4.70. The fourth-order valence-electron chi connectivity index (χ4n) is 0.953. The van der Waals surface area contributed by atoms with Crippen molar-refractivity contribution < 1.29 is 1.43 Å². The Morgan fingerprint density at radius 1 is 1.50 bits per heavy atom. The summed E-state index contributed by atoms with van der Waals surface area (Å²) in [5, 5.41) is 0. The first kappa shape index (κ1) is 7.29. The zero-order chi connectivity index (χ0) is 7.56. The van der Waals surface area contributed by atoms with Gasteiger partial charge in [-0.3, -0.25) is 0 Å². The van der Waals surface area contributed by atoms with Crippen LogP contribution in [0.1, 0.15) is 25.5 Å². The van der Waals surface area contributed by atoms with Gasteiger partial charge in [-0.15, -0.1) is 0 Å². The Labute approximate surface area is 63.4 Å². The summed E-state index contributed by atoms with van der Waals surface area (Å²) in [5.41, 5.74) is 8.16. The van der Waals surface area contributed by atoms with Gasteiger partial charge in [0, 0.05) is 7.47 Å². The van der Waals surface area contributed by atoms with Crippen LogP contribution in [0.4, 0.5) is 0 Å². The summed E-state index contributed by atoms with van der Waals surface area (Å²) < 4.78 is 0. The first-order valence-electron chi connectivity index (χ1n) is 3.52. The van der Waals surface area contributed by atoms with Gasteiger partial charge in [-0.2, -0.15) is 0 Å². The number of hydrogen-bond donors (Lipinski definition) is 1. The second-order valence-electron chi connectivity index (χ2n) is 2.70. The Hall–Kier alpha value is -0.820. The van der Waals surface area contributed by atoms with Gasteiger partial charge in [0.2, 0.25) is 0 Å². The topological polar surface area (TPSA) is 26.0 Å². The largest absolute Gasteiger partial charge is 0.324 e. The lowest BCUT2D eigenvalue weighted by Gasteiger charge is -2.04. The molecule has 56 valence electrons. The van der Waals surface area contributed by atoms with E-state index < -0.39 is 0 Å². The maximum absolute atomic E-state index is 5.68. The van der Waals surface area contributed by atoms with E-state index in [0.29, 0.717) is 0 Å². The number of aryl methyl sites for hydroxylation is 1. The highest BCUT2D eigenvalue weighted by molar-refractivity contribution is 5.24. The van der Waals surface area contributed by atoms with Crippen molar-refractivity contribution >= 4 is 0 Å². The Balaban J connectivity index is 0.000001000. The molecule has 2 N–H and O–H groups in total. The first-order valence-corrected chi connectivity index (χ1v) is 3.52. The van der Waals surface area contributed by atoms with E-state index in [2.05, 4.69) is 25.1 Å². The minimum atomic E-state index is 0. The van der Waals surface area contributed by atoms with E-state index in [9.17, 15) is 0 Å². The molecule has 0 spiro atoms. The van der Waals surface area contributed by atoms with Crippen LogP contribution in [-0.4, -0.2) is 0 Å². The van der Waals surface area contributed by atoms with E-state index in [1.165, 1.54) is 11.1 Å². The molecule has 0 unspecified atom stereocenters. The minimum absolute atomic E-state index is 0. The molecule has 0 heterocycles. The Kier molecular flexibility index (Phi) is 2.07. The van der Waals surface area contributed by atoms with E-state index in [4.69, 9.17) is 5.73 Å². The molecular weight excluding hydrogens is 122 g/mol. The van der Waals surface area contributed by atoms with E-state index in [0.717, 1.165) is 0 Å².